The number of carbonyl (C=O) groups is 1. The van der Waals surface area contributed by atoms with Crippen LogP contribution in [0, 0.1) is 12.3 Å². The summed E-state index contributed by atoms with van der Waals surface area (Å²) in [5.74, 6) is 0.307. The number of rotatable bonds is 2. The first kappa shape index (κ1) is 16.8. The molecule has 0 radical (unpaired) electrons. The van der Waals surface area contributed by atoms with Gasteiger partial charge in [-0.3, -0.25) is 9.78 Å². The Hall–Kier alpha value is -1.66. The second kappa shape index (κ2) is 6.92. The van der Waals surface area contributed by atoms with Crippen molar-refractivity contribution in [1.82, 2.24) is 20.5 Å². The lowest BCUT2D eigenvalue weighted by molar-refractivity contribution is -0.133. The second-order valence-corrected chi connectivity index (χ2v) is 7.86. The van der Waals surface area contributed by atoms with E-state index in [1.54, 1.807) is 0 Å². The van der Waals surface area contributed by atoms with Crippen LogP contribution in [0.5, 0.6) is 0 Å². The zero-order chi connectivity index (χ0) is 17.3. The van der Waals surface area contributed by atoms with Gasteiger partial charge in [-0.15, -0.1) is 0 Å². The van der Waals surface area contributed by atoms with E-state index in [2.05, 4.69) is 38.4 Å². The summed E-state index contributed by atoms with van der Waals surface area (Å²) in [6.07, 6.45) is 7.16. The van der Waals surface area contributed by atoms with Crippen LogP contribution in [0.25, 0.3) is 0 Å². The van der Waals surface area contributed by atoms with Gasteiger partial charge in [-0.2, -0.15) is 0 Å². The molecule has 2 N–H and O–H groups in total. The summed E-state index contributed by atoms with van der Waals surface area (Å²) in [6.45, 7) is 8.71. The Kier molecular flexibility index (Phi) is 4.65. The van der Waals surface area contributed by atoms with Gasteiger partial charge < -0.3 is 20.4 Å². The number of anilines is 1. The van der Waals surface area contributed by atoms with Crippen LogP contribution in [-0.2, 0) is 4.79 Å². The zero-order valence-electron chi connectivity index (χ0n) is 15.1. The van der Waals surface area contributed by atoms with Crippen molar-refractivity contribution in [2.45, 2.75) is 32.2 Å². The molecule has 0 aromatic carbocycles. The first-order valence-electron chi connectivity index (χ1n) is 9.55. The summed E-state index contributed by atoms with van der Waals surface area (Å²) >= 11 is 0. The summed E-state index contributed by atoms with van der Waals surface area (Å²) in [6, 6.07) is 2.10. The third-order valence-corrected chi connectivity index (χ3v) is 6.25. The van der Waals surface area contributed by atoms with Crippen molar-refractivity contribution in [2.24, 2.45) is 5.41 Å². The molecule has 0 bridgehead atoms. The number of aromatic nitrogens is 1. The van der Waals surface area contributed by atoms with Gasteiger partial charge in [-0.1, -0.05) is 0 Å². The van der Waals surface area contributed by atoms with Crippen molar-refractivity contribution in [3.63, 3.8) is 0 Å². The van der Waals surface area contributed by atoms with Gasteiger partial charge in [0, 0.05) is 50.8 Å². The minimum Gasteiger partial charge on any atom is -0.368 e. The highest BCUT2D eigenvalue weighted by atomic mass is 16.2. The highest BCUT2D eigenvalue weighted by molar-refractivity contribution is 5.82. The average molecular weight is 343 g/mol. The quantitative estimate of drug-likeness (QED) is 0.831. The van der Waals surface area contributed by atoms with E-state index in [0.29, 0.717) is 11.3 Å². The molecule has 1 aromatic rings. The fraction of sp³-hybridized carbons (Fsp3) is 0.684. The summed E-state index contributed by atoms with van der Waals surface area (Å²) in [7, 11) is 0. The molecule has 1 spiro atoms. The predicted octanol–water partition coefficient (Wildman–Crippen LogP) is 0.770. The van der Waals surface area contributed by atoms with Gasteiger partial charge in [0.05, 0.1) is 6.04 Å². The smallest absolute Gasteiger partial charge is 0.239 e. The number of carbonyl (C=O) groups excluding carboxylic acids is 1. The van der Waals surface area contributed by atoms with Gasteiger partial charge in [-0.05, 0) is 56.3 Å². The molecule has 1 amide bonds. The van der Waals surface area contributed by atoms with Gasteiger partial charge >= 0.3 is 0 Å². The first-order valence-corrected chi connectivity index (χ1v) is 9.55. The van der Waals surface area contributed by atoms with Crippen molar-refractivity contribution in [3.05, 3.63) is 24.0 Å². The molecule has 0 aliphatic carbocycles. The van der Waals surface area contributed by atoms with Gasteiger partial charge in [0.1, 0.15) is 0 Å². The Morgan fingerprint density at radius 2 is 2.00 bits per heavy atom. The highest BCUT2D eigenvalue weighted by Gasteiger charge is 2.43. The third-order valence-electron chi connectivity index (χ3n) is 6.25. The van der Waals surface area contributed by atoms with Gasteiger partial charge in [0.25, 0.3) is 0 Å². The Morgan fingerprint density at radius 1 is 1.24 bits per heavy atom. The molecule has 6 heteroatoms. The predicted molar refractivity (Wildman–Crippen MR) is 98.7 cm³/mol. The minimum absolute atomic E-state index is 0.0207. The fourth-order valence-electron chi connectivity index (χ4n) is 4.64. The maximum absolute atomic E-state index is 13.0. The van der Waals surface area contributed by atoms with E-state index in [9.17, 15) is 4.79 Å². The van der Waals surface area contributed by atoms with Crippen molar-refractivity contribution in [2.75, 3.05) is 50.7 Å². The van der Waals surface area contributed by atoms with E-state index in [0.717, 1.165) is 52.2 Å². The summed E-state index contributed by atoms with van der Waals surface area (Å²) in [4.78, 5) is 21.6. The highest BCUT2D eigenvalue weighted by Crippen LogP contribution is 2.37. The largest absolute Gasteiger partial charge is 0.368 e. The van der Waals surface area contributed by atoms with Crippen molar-refractivity contribution < 1.29 is 4.79 Å². The molecule has 3 aliphatic rings. The topological polar surface area (TPSA) is 60.5 Å². The van der Waals surface area contributed by atoms with Gasteiger partial charge in [0.2, 0.25) is 5.91 Å². The first-order chi connectivity index (χ1) is 12.2. The number of nitrogens with zero attached hydrogens (tertiary/aromatic N) is 3. The minimum atomic E-state index is 0.0207. The van der Waals surface area contributed by atoms with Gasteiger partial charge in [0.15, 0.2) is 0 Å². The lowest BCUT2D eigenvalue weighted by Gasteiger charge is -2.38. The molecular formula is C19H29N5O. The van der Waals surface area contributed by atoms with E-state index in [4.69, 9.17) is 0 Å². The monoisotopic (exact) mass is 343 g/mol. The SMILES string of the molecule is Cc1cnccc1N1CCN(C(=O)[C@H]2CC3(CCNCC3)CN2)CC1. The number of aryl methyl sites for hydroxylation is 1. The van der Waals surface area contributed by atoms with E-state index in [-0.39, 0.29) is 6.04 Å². The zero-order valence-corrected chi connectivity index (χ0v) is 15.1. The van der Waals surface area contributed by atoms with E-state index >= 15 is 0 Å². The Labute approximate surface area is 150 Å². The number of pyridine rings is 1. The Bertz CT molecular complexity index is 620. The molecule has 1 aromatic heterocycles. The fourth-order valence-corrected chi connectivity index (χ4v) is 4.64. The summed E-state index contributed by atoms with van der Waals surface area (Å²) in [5.41, 5.74) is 2.80. The van der Waals surface area contributed by atoms with Gasteiger partial charge in [-0.25, -0.2) is 0 Å². The van der Waals surface area contributed by atoms with Crippen molar-refractivity contribution in [3.8, 4) is 0 Å². The third kappa shape index (κ3) is 3.37. The molecule has 1 atom stereocenters. The molecule has 4 rings (SSSR count). The molecule has 3 saturated heterocycles. The molecule has 0 unspecified atom stereocenters. The lowest BCUT2D eigenvalue weighted by Crippen LogP contribution is -2.53. The van der Waals surface area contributed by atoms with E-state index in [1.807, 2.05) is 12.4 Å². The number of amides is 1. The number of hydrogen-bond acceptors (Lipinski definition) is 5. The molecule has 6 nitrogen and oxygen atoms in total. The molecule has 25 heavy (non-hydrogen) atoms. The number of piperidine rings is 1. The Morgan fingerprint density at radius 3 is 2.72 bits per heavy atom. The van der Waals surface area contributed by atoms with Crippen LogP contribution < -0.4 is 15.5 Å². The van der Waals surface area contributed by atoms with Crippen LogP contribution >= 0.6 is 0 Å². The van der Waals surface area contributed by atoms with Crippen molar-refractivity contribution in [1.29, 1.82) is 0 Å². The van der Waals surface area contributed by atoms with Crippen molar-refractivity contribution >= 4 is 11.6 Å². The molecular weight excluding hydrogens is 314 g/mol. The number of hydrogen-bond donors (Lipinski definition) is 2. The average Bonchev–Trinajstić information content (AvgIpc) is 3.06. The maximum atomic E-state index is 13.0. The van der Waals surface area contributed by atoms with E-state index < -0.39 is 0 Å². The van der Waals surface area contributed by atoms with Crippen LogP contribution in [0.4, 0.5) is 5.69 Å². The van der Waals surface area contributed by atoms with Crippen LogP contribution in [0.2, 0.25) is 0 Å². The Balaban J connectivity index is 1.33. The van der Waals surface area contributed by atoms with Crippen LogP contribution in [0.1, 0.15) is 24.8 Å². The maximum Gasteiger partial charge on any atom is 0.239 e. The summed E-state index contributed by atoms with van der Waals surface area (Å²) < 4.78 is 0. The standard InChI is InChI=1S/C19H29N5O/c1-15-13-21-5-2-17(15)23-8-10-24(11-9-23)18(25)16-12-19(14-22-16)3-6-20-7-4-19/h2,5,13,16,20,22H,3-4,6-12,14H2,1H3/t16-/m1/s1. The van der Waals surface area contributed by atoms with Crippen LogP contribution in [0.3, 0.4) is 0 Å². The lowest BCUT2D eigenvalue weighted by atomic mass is 9.77. The molecule has 0 saturated carbocycles. The van der Waals surface area contributed by atoms with Crippen LogP contribution in [-0.4, -0.2) is 67.6 Å². The molecule has 4 heterocycles. The summed E-state index contributed by atoms with van der Waals surface area (Å²) in [5, 5.41) is 6.96. The molecule has 136 valence electrons. The molecule has 3 fully saturated rings. The second-order valence-electron chi connectivity index (χ2n) is 7.86. The number of piperazine rings is 1. The van der Waals surface area contributed by atoms with E-state index in [1.165, 1.54) is 24.1 Å². The normalized spacial score (nSPS) is 26.2. The molecule has 3 aliphatic heterocycles. The van der Waals surface area contributed by atoms with Crippen LogP contribution in [0.15, 0.2) is 18.5 Å². The number of nitrogens with one attached hydrogen (secondary N) is 2.